The van der Waals surface area contributed by atoms with Gasteiger partial charge in [0.05, 0.1) is 17.2 Å². The van der Waals surface area contributed by atoms with E-state index < -0.39 is 23.9 Å². The van der Waals surface area contributed by atoms with Crippen LogP contribution in [0.2, 0.25) is 0 Å². The molecule has 2 aliphatic rings. The van der Waals surface area contributed by atoms with Gasteiger partial charge in [-0.15, -0.1) is 0 Å². The van der Waals surface area contributed by atoms with Gasteiger partial charge in [-0.2, -0.15) is 0 Å². The van der Waals surface area contributed by atoms with Gasteiger partial charge in [0.2, 0.25) is 0 Å². The van der Waals surface area contributed by atoms with Crippen molar-refractivity contribution >= 4 is 18.7 Å². The quantitative estimate of drug-likeness (QED) is 0.712. The average molecular weight is 402 g/mol. The van der Waals surface area contributed by atoms with Crippen LogP contribution in [0.3, 0.4) is 0 Å². The summed E-state index contributed by atoms with van der Waals surface area (Å²) in [5.41, 5.74) is 0.650. The maximum Gasteiger partial charge on any atom is 0.495 e. The third kappa shape index (κ3) is 4.62. The van der Waals surface area contributed by atoms with Crippen molar-refractivity contribution in [1.29, 1.82) is 0 Å². The second-order valence-electron chi connectivity index (χ2n) is 10.2. The van der Waals surface area contributed by atoms with E-state index >= 15 is 0 Å². The minimum absolute atomic E-state index is 0.126. The largest absolute Gasteiger partial charge is 0.495 e. The molecule has 6 nitrogen and oxygen atoms in total. The van der Waals surface area contributed by atoms with E-state index in [1.54, 1.807) is 0 Å². The van der Waals surface area contributed by atoms with Crippen LogP contribution in [-0.4, -0.2) is 66.5 Å². The molecule has 0 aliphatic carbocycles. The summed E-state index contributed by atoms with van der Waals surface area (Å²) >= 11 is 0. The van der Waals surface area contributed by atoms with Crippen LogP contribution in [-0.2, 0) is 14.0 Å². The molecule has 1 atom stereocenters. The van der Waals surface area contributed by atoms with Gasteiger partial charge in [0.15, 0.2) is 0 Å². The first-order valence-electron chi connectivity index (χ1n) is 10.4. The number of likely N-dealkylation sites (N-methyl/N-ethyl adjacent to an activating group) is 1. The summed E-state index contributed by atoms with van der Waals surface area (Å²) < 4.78 is 18.3. The lowest BCUT2D eigenvalue weighted by Gasteiger charge is -2.41. The summed E-state index contributed by atoms with van der Waals surface area (Å²) in [4.78, 5) is 17.1. The zero-order valence-corrected chi connectivity index (χ0v) is 19.1. The lowest BCUT2D eigenvalue weighted by Crippen LogP contribution is -2.52. The van der Waals surface area contributed by atoms with Crippen LogP contribution in [0.1, 0.15) is 60.1 Å². The fourth-order valence-corrected chi connectivity index (χ4v) is 3.72. The highest BCUT2D eigenvalue weighted by Crippen LogP contribution is 2.37. The molecule has 7 heteroatoms. The van der Waals surface area contributed by atoms with E-state index in [0.717, 1.165) is 24.1 Å². The third-order valence-corrected chi connectivity index (χ3v) is 6.07. The maximum atomic E-state index is 13.0. The fourth-order valence-electron chi connectivity index (χ4n) is 3.72. The van der Waals surface area contributed by atoms with Crippen LogP contribution in [0.15, 0.2) is 24.3 Å². The van der Waals surface area contributed by atoms with Crippen molar-refractivity contribution in [2.75, 3.05) is 26.7 Å². The Hall–Kier alpha value is -1.57. The number of nitrogens with zero attached hydrogens (tertiary/aromatic N) is 2. The highest BCUT2D eigenvalue weighted by atomic mass is 16.7. The highest BCUT2D eigenvalue weighted by molar-refractivity contribution is 6.62. The van der Waals surface area contributed by atoms with E-state index in [1.807, 2.05) is 43.9 Å². The van der Waals surface area contributed by atoms with Crippen molar-refractivity contribution in [2.45, 2.75) is 71.3 Å². The molecule has 1 aromatic carbocycles. The maximum absolute atomic E-state index is 13.0. The molecular weight excluding hydrogens is 367 g/mol. The van der Waals surface area contributed by atoms with E-state index in [4.69, 9.17) is 14.0 Å². The molecule has 0 aromatic heterocycles. The third-order valence-electron chi connectivity index (χ3n) is 6.07. The monoisotopic (exact) mass is 402 g/mol. The molecule has 0 bridgehead atoms. The lowest BCUT2D eigenvalue weighted by atomic mass is 9.74. The van der Waals surface area contributed by atoms with Crippen molar-refractivity contribution in [3.05, 3.63) is 29.8 Å². The van der Waals surface area contributed by atoms with E-state index in [1.165, 1.54) is 0 Å². The van der Waals surface area contributed by atoms with Crippen molar-refractivity contribution in [2.24, 2.45) is 0 Å². The van der Waals surface area contributed by atoms with Crippen molar-refractivity contribution < 1.29 is 18.8 Å². The van der Waals surface area contributed by atoms with Gasteiger partial charge in [0.25, 0.3) is 0 Å². The summed E-state index contributed by atoms with van der Waals surface area (Å²) in [6.45, 7) is 16.1. The SMILES string of the molecule is CN1CCN(C(=O)OC(C)(C)C)C(c2ccccc2B2OC(C)(C)C(C)(C)O2)C1. The number of hydrogen-bond donors (Lipinski definition) is 0. The molecule has 0 N–H and O–H groups in total. The van der Waals surface area contributed by atoms with Crippen LogP contribution in [0, 0.1) is 0 Å². The van der Waals surface area contributed by atoms with Crippen LogP contribution < -0.4 is 5.46 Å². The number of rotatable bonds is 2. The van der Waals surface area contributed by atoms with Gasteiger partial charge >= 0.3 is 13.2 Å². The summed E-state index contributed by atoms with van der Waals surface area (Å²) in [5.74, 6) is 0. The van der Waals surface area contributed by atoms with Gasteiger partial charge in [-0.25, -0.2) is 4.79 Å². The minimum Gasteiger partial charge on any atom is -0.444 e. The van der Waals surface area contributed by atoms with Gasteiger partial charge < -0.3 is 18.9 Å². The second-order valence-corrected chi connectivity index (χ2v) is 10.2. The number of amides is 1. The standard InChI is InChI=1S/C22H35BN2O4/c1-20(2,3)27-19(26)25-14-13-24(8)15-18(25)16-11-9-10-12-17(16)23-28-21(4,5)22(6,7)29-23/h9-12,18H,13-15H2,1-8H3. The van der Waals surface area contributed by atoms with Crippen LogP contribution in [0.25, 0.3) is 0 Å². The van der Waals surface area contributed by atoms with E-state index in [2.05, 4.69) is 45.7 Å². The number of carbonyl (C=O) groups excluding carboxylic acids is 1. The molecular formula is C22H35BN2O4. The highest BCUT2D eigenvalue weighted by Gasteiger charge is 2.52. The molecule has 29 heavy (non-hydrogen) atoms. The molecule has 0 radical (unpaired) electrons. The van der Waals surface area contributed by atoms with Crippen molar-refractivity contribution in [3.63, 3.8) is 0 Å². The minimum atomic E-state index is -0.532. The Labute approximate surface area is 175 Å². The number of benzene rings is 1. The van der Waals surface area contributed by atoms with E-state index in [-0.39, 0.29) is 12.1 Å². The first-order valence-corrected chi connectivity index (χ1v) is 10.4. The molecule has 0 spiro atoms. The molecule has 3 rings (SSSR count). The molecule has 2 aliphatic heterocycles. The Morgan fingerprint density at radius 2 is 1.69 bits per heavy atom. The smallest absolute Gasteiger partial charge is 0.444 e. The van der Waals surface area contributed by atoms with Crippen LogP contribution in [0.4, 0.5) is 4.79 Å². The predicted octanol–water partition coefficient (Wildman–Crippen LogP) is 3.21. The molecule has 2 heterocycles. The normalized spacial score (nSPS) is 24.6. The Bertz CT molecular complexity index is 743. The first-order chi connectivity index (χ1) is 13.3. The van der Waals surface area contributed by atoms with Gasteiger partial charge in [-0.3, -0.25) is 4.90 Å². The number of piperazine rings is 1. The van der Waals surface area contributed by atoms with Gasteiger partial charge in [-0.05, 0) is 66.5 Å². The number of ether oxygens (including phenoxy) is 1. The molecule has 160 valence electrons. The number of hydrogen-bond acceptors (Lipinski definition) is 5. The fraction of sp³-hybridized carbons (Fsp3) is 0.682. The summed E-state index contributed by atoms with van der Waals surface area (Å²) in [6, 6.07) is 7.99. The van der Waals surface area contributed by atoms with Gasteiger partial charge in [0, 0.05) is 19.6 Å². The molecule has 0 saturated carbocycles. The van der Waals surface area contributed by atoms with Crippen LogP contribution >= 0.6 is 0 Å². The number of carbonyl (C=O) groups is 1. The molecule has 2 saturated heterocycles. The average Bonchev–Trinajstić information content (AvgIpc) is 2.81. The molecule has 1 amide bonds. The Morgan fingerprint density at radius 3 is 2.28 bits per heavy atom. The Balaban J connectivity index is 1.95. The molecule has 2 fully saturated rings. The van der Waals surface area contributed by atoms with Crippen molar-refractivity contribution in [1.82, 2.24) is 9.80 Å². The van der Waals surface area contributed by atoms with Crippen LogP contribution in [0.5, 0.6) is 0 Å². The molecule has 1 aromatic rings. The zero-order valence-electron chi connectivity index (χ0n) is 19.1. The first kappa shape index (κ1) is 22.1. The Kier molecular flexibility index (Phi) is 5.80. The summed E-state index contributed by atoms with van der Waals surface area (Å²) in [7, 11) is 1.61. The lowest BCUT2D eigenvalue weighted by molar-refractivity contribution is 0.00116. The zero-order chi connectivity index (χ0) is 21.6. The van der Waals surface area contributed by atoms with Gasteiger partial charge in [0.1, 0.15) is 5.60 Å². The van der Waals surface area contributed by atoms with E-state index in [0.29, 0.717) is 6.54 Å². The topological polar surface area (TPSA) is 51.2 Å². The predicted molar refractivity (Wildman–Crippen MR) is 115 cm³/mol. The van der Waals surface area contributed by atoms with Gasteiger partial charge in [-0.1, -0.05) is 24.3 Å². The second kappa shape index (κ2) is 7.60. The molecule has 1 unspecified atom stereocenters. The summed E-state index contributed by atoms with van der Waals surface area (Å²) in [5, 5.41) is 0. The summed E-state index contributed by atoms with van der Waals surface area (Å²) in [6.07, 6.45) is -0.278. The van der Waals surface area contributed by atoms with E-state index in [9.17, 15) is 4.79 Å². The Morgan fingerprint density at radius 1 is 1.10 bits per heavy atom. The van der Waals surface area contributed by atoms with Crippen molar-refractivity contribution in [3.8, 4) is 0 Å².